The van der Waals surface area contributed by atoms with Crippen molar-refractivity contribution in [1.82, 2.24) is 14.7 Å². The van der Waals surface area contributed by atoms with E-state index in [9.17, 15) is 0 Å². The molecular weight excluding hydrogens is 258 g/mol. The number of hydrogen-bond acceptors (Lipinski definition) is 3. The van der Waals surface area contributed by atoms with Crippen molar-refractivity contribution in [3.05, 3.63) is 17.0 Å². The molecule has 1 fully saturated rings. The van der Waals surface area contributed by atoms with Gasteiger partial charge in [0.1, 0.15) is 0 Å². The molecule has 1 aliphatic heterocycles. The van der Waals surface area contributed by atoms with E-state index in [2.05, 4.69) is 28.8 Å². The molecule has 0 radical (unpaired) electrons. The zero-order chi connectivity index (χ0) is 13.8. The zero-order valence-electron chi connectivity index (χ0n) is 12.0. The Balaban J connectivity index is 1.91. The molecule has 0 aliphatic carbocycles. The number of aryl methyl sites for hydroxylation is 2. The van der Waals surface area contributed by atoms with Gasteiger partial charge in [-0.3, -0.25) is 9.67 Å². The minimum absolute atomic E-state index is 0.694. The lowest BCUT2D eigenvalue weighted by atomic mass is 10.1. The van der Waals surface area contributed by atoms with Gasteiger partial charge in [0.15, 0.2) is 5.96 Å². The van der Waals surface area contributed by atoms with Crippen LogP contribution < -0.4 is 5.73 Å². The van der Waals surface area contributed by atoms with Crippen LogP contribution in [0.15, 0.2) is 4.99 Å². The Morgan fingerprint density at radius 3 is 2.63 bits per heavy atom. The smallest absolute Gasteiger partial charge is 0.191 e. The number of hydrogen-bond donors (Lipinski definition) is 1. The van der Waals surface area contributed by atoms with Crippen LogP contribution in [0.25, 0.3) is 0 Å². The lowest BCUT2D eigenvalue weighted by Crippen LogP contribution is -2.42. The number of nitrogens with zero attached hydrogens (tertiary/aromatic N) is 4. The number of aliphatic imine (C=N–C) groups is 1. The van der Waals surface area contributed by atoms with Gasteiger partial charge < -0.3 is 10.6 Å². The van der Waals surface area contributed by atoms with Crippen LogP contribution >= 0.6 is 11.8 Å². The molecule has 2 N–H and O–H groups in total. The van der Waals surface area contributed by atoms with Crippen LogP contribution in [0.1, 0.15) is 17.0 Å². The first-order valence-corrected chi connectivity index (χ1v) is 7.86. The molecule has 0 saturated carbocycles. The Bertz CT molecular complexity index is 460. The SMILES string of the molecule is Cc1nn(C)c(C)c1CCN=C(N)N1CCSCC1. The number of nitrogens with two attached hydrogens (primary N) is 1. The lowest BCUT2D eigenvalue weighted by molar-refractivity contribution is 0.456. The average molecular weight is 281 g/mol. The van der Waals surface area contributed by atoms with Crippen molar-refractivity contribution < 1.29 is 0 Å². The molecule has 19 heavy (non-hydrogen) atoms. The molecule has 0 atom stereocenters. The van der Waals surface area contributed by atoms with Crippen molar-refractivity contribution in [1.29, 1.82) is 0 Å². The van der Waals surface area contributed by atoms with E-state index in [1.54, 1.807) is 0 Å². The summed E-state index contributed by atoms with van der Waals surface area (Å²) in [6.07, 6.45) is 0.912. The summed E-state index contributed by atoms with van der Waals surface area (Å²) in [5.41, 5.74) is 9.66. The summed E-state index contributed by atoms with van der Waals surface area (Å²) in [6, 6.07) is 0. The molecule has 0 spiro atoms. The van der Waals surface area contributed by atoms with Gasteiger partial charge >= 0.3 is 0 Å². The van der Waals surface area contributed by atoms with Crippen molar-refractivity contribution in [2.75, 3.05) is 31.1 Å². The summed E-state index contributed by atoms with van der Waals surface area (Å²) >= 11 is 1.98. The molecule has 6 heteroatoms. The third kappa shape index (κ3) is 3.43. The molecule has 0 amide bonds. The van der Waals surface area contributed by atoms with E-state index in [-0.39, 0.29) is 0 Å². The highest BCUT2D eigenvalue weighted by Gasteiger charge is 2.12. The summed E-state index contributed by atoms with van der Waals surface area (Å²) < 4.78 is 1.93. The summed E-state index contributed by atoms with van der Waals surface area (Å²) in [7, 11) is 1.98. The van der Waals surface area contributed by atoms with Gasteiger partial charge in [-0.25, -0.2) is 0 Å². The van der Waals surface area contributed by atoms with Gasteiger partial charge in [0.25, 0.3) is 0 Å². The third-order valence-corrected chi connectivity index (χ3v) is 4.57. The fourth-order valence-electron chi connectivity index (χ4n) is 2.35. The molecule has 0 aromatic carbocycles. The molecule has 0 unspecified atom stereocenters. The average Bonchev–Trinajstić information content (AvgIpc) is 2.66. The Kier molecular flexibility index (Phi) is 4.74. The second-order valence-corrected chi connectivity index (χ2v) is 6.09. The summed E-state index contributed by atoms with van der Waals surface area (Å²) in [5, 5.41) is 4.42. The second kappa shape index (κ2) is 6.32. The van der Waals surface area contributed by atoms with Crippen LogP contribution in [0.2, 0.25) is 0 Å². The third-order valence-electron chi connectivity index (χ3n) is 3.63. The number of thioether (sulfide) groups is 1. The standard InChI is InChI=1S/C13H23N5S/c1-10-12(11(2)17(3)16-10)4-5-15-13(14)18-6-8-19-9-7-18/h4-9H2,1-3H3,(H2,14,15). The van der Waals surface area contributed by atoms with E-state index >= 15 is 0 Å². The number of guanidine groups is 1. The molecular formula is C13H23N5S. The Morgan fingerprint density at radius 1 is 1.37 bits per heavy atom. The second-order valence-electron chi connectivity index (χ2n) is 4.86. The fraction of sp³-hybridized carbons (Fsp3) is 0.692. The van der Waals surface area contributed by atoms with Gasteiger partial charge in [0, 0.05) is 43.9 Å². The van der Waals surface area contributed by atoms with Crippen LogP contribution in [0.5, 0.6) is 0 Å². The van der Waals surface area contributed by atoms with Crippen LogP contribution in [0.4, 0.5) is 0 Å². The highest BCUT2D eigenvalue weighted by atomic mass is 32.2. The van der Waals surface area contributed by atoms with Crippen molar-refractivity contribution in [3.8, 4) is 0 Å². The summed E-state index contributed by atoms with van der Waals surface area (Å²) in [5.74, 6) is 2.99. The van der Waals surface area contributed by atoms with Crippen LogP contribution in [0.3, 0.4) is 0 Å². The molecule has 2 rings (SSSR count). The topological polar surface area (TPSA) is 59.4 Å². The first kappa shape index (κ1) is 14.2. The largest absolute Gasteiger partial charge is 0.370 e. The minimum Gasteiger partial charge on any atom is -0.370 e. The van der Waals surface area contributed by atoms with E-state index < -0.39 is 0 Å². The molecule has 1 aromatic rings. The maximum atomic E-state index is 6.04. The van der Waals surface area contributed by atoms with Crippen molar-refractivity contribution in [3.63, 3.8) is 0 Å². The Labute approximate surface area is 119 Å². The molecule has 1 saturated heterocycles. The van der Waals surface area contributed by atoms with Gasteiger partial charge in [0.05, 0.1) is 5.69 Å². The fourth-order valence-corrected chi connectivity index (χ4v) is 3.26. The van der Waals surface area contributed by atoms with E-state index in [4.69, 9.17) is 5.73 Å². The quantitative estimate of drug-likeness (QED) is 0.662. The Hall–Kier alpha value is -1.17. The predicted molar refractivity (Wildman–Crippen MR) is 81.8 cm³/mol. The van der Waals surface area contributed by atoms with Gasteiger partial charge in [-0.2, -0.15) is 16.9 Å². The van der Waals surface area contributed by atoms with Gasteiger partial charge in [-0.1, -0.05) is 0 Å². The van der Waals surface area contributed by atoms with Gasteiger partial charge in [-0.05, 0) is 25.8 Å². The minimum atomic E-state index is 0.694. The molecule has 1 aliphatic rings. The van der Waals surface area contributed by atoms with E-state index in [1.807, 2.05) is 23.5 Å². The molecule has 1 aromatic heterocycles. The highest BCUT2D eigenvalue weighted by molar-refractivity contribution is 7.99. The monoisotopic (exact) mass is 281 g/mol. The van der Waals surface area contributed by atoms with Gasteiger partial charge in [0.2, 0.25) is 0 Å². The summed E-state index contributed by atoms with van der Waals surface area (Å²) in [6.45, 7) is 6.93. The number of rotatable bonds is 3. The van der Waals surface area contributed by atoms with Crippen molar-refractivity contribution in [2.24, 2.45) is 17.8 Å². The maximum Gasteiger partial charge on any atom is 0.191 e. The summed E-state index contributed by atoms with van der Waals surface area (Å²) in [4.78, 5) is 6.69. The Morgan fingerprint density at radius 2 is 2.05 bits per heavy atom. The van der Waals surface area contributed by atoms with E-state index in [1.165, 1.54) is 11.3 Å². The van der Waals surface area contributed by atoms with E-state index in [0.29, 0.717) is 5.96 Å². The van der Waals surface area contributed by atoms with Crippen LogP contribution in [0, 0.1) is 13.8 Å². The van der Waals surface area contributed by atoms with E-state index in [0.717, 1.165) is 43.3 Å². The molecule has 0 bridgehead atoms. The number of aromatic nitrogens is 2. The molecule has 2 heterocycles. The predicted octanol–water partition coefficient (Wildman–Crippen LogP) is 0.943. The first-order chi connectivity index (χ1) is 9.09. The lowest BCUT2D eigenvalue weighted by Gasteiger charge is -2.27. The van der Waals surface area contributed by atoms with Crippen molar-refractivity contribution in [2.45, 2.75) is 20.3 Å². The first-order valence-electron chi connectivity index (χ1n) is 6.71. The maximum absolute atomic E-state index is 6.04. The van der Waals surface area contributed by atoms with Gasteiger partial charge in [-0.15, -0.1) is 0 Å². The van der Waals surface area contributed by atoms with Crippen LogP contribution in [-0.2, 0) is 13.5 Å². The zero-order valence-corrected chi connectivity index (χ0v) is 12.8. The normalized spacial score (nSPS) is 17.0. The molecule has 5 nitrogen and oxygen atoms in total. The van der Waals surface area contributed by atoms with Crippen LogP contribution in [-0.4, -0.2) is 51.8 Å². The molecule has 106 valence electrons. The van der Waals surface area contributed by atoms with Crippen molar-refractivity contribution >= 4 is 17.7 Å². The highest BCUT2D eigenvalue weighted by Crippen LogP contribution is 2.13.